The predicted molar refractivity (Wildman–Crippen MR) is 82.2 cm³/mol. The zero-order chi connectivity index (χ0) is 16.4. The smallest absolute Gasteiger partial charge is 0.381 e. The molecule has 0 bridgehead atoms. The minimum absolute atomic E-state index is 0. The molecule has 2 rings (SSSR count). The van der Waals surface area contributed by atoms with E-state index in [0.29, 0.717) is 26.1 Å². The van der Waals surface area contributed by atoms with Crippen LogP contribution in [0.25, 0.3) is 0 Å². The van der Waals surface area contributed by atoms with Crippen LogP contribution < -0.4 is 11.1 Å². The Kier molecular flexibility index (Phi) is 6.44. The van der Waals surface area contributed by atoms with Crippen molar-refractivity contribution in [3.05, 3.63) is 35.4 Å². The van der Waals surface area contributed by atoms with Crippen LogP contribution in [0.15, 0.2) is 24.3 Å². The van der Waals surface area contributed by atoms with Crippen LogP contribution in [0, 0.1) is 0 Å². The van der Waals surface area contributed by atoms with Crippen molar-refractivity contribution in [1.29, 1.82) is 0 Å². The first-order chi connectivity index (χ1) is 10.2. The van der Waals surface area contributed by atoms with Gasteiger partial charge in [0.25, 0.3) is 0 Å². The lowest BCUT2D eigenvalue weighted by Crippen LogP contribution is -2.57. The maximum atomic E-state index is 13.0. The summed E-state index contributed by atoms with van der Waals surface area (Å²) >= 11 is 0. The summed E-state index contributed by atoms with van der Waals surface area (Å²) in [6.45, 7) is 2.26. The topological polar surface area (TPSA) is 64.4 Å². The molecule has 1 aliphatic rings. The summed E-state index contributed by atoms with van der Waals surface area (Å²) in [6.07, 6.45) is -3.76. The Bertz CT molecular complexity index is 546. The molecule has 1 aromatic rings. The summed E-state index contributed by atoms with van der Waals surface area (Å²) in [6, 6.07) is 4.42. The first-order valence-electron chi connectivity index (χ1n) is 7.08. The number of carbonyl (C=O) groups is 1. The van der Waals surface area contributed by atoms with E-state index >= 15 is 0 Å². The average Bonchev–Trinajstić information content (AvgIpc) is 2.47. The number of amides is 1. The van der Waals surface area contributed by atoms with E-state index in [0.717, 1.165) is 6.07 Å². The minimum atomic E-state index is -4.46. The molecule has 1 amide bonds. The molecule has 23 heavy (non-hydrogen) atoms. The predicted octanol–water partition coefficient (Wildman–Crippen LogP) is 2.81. The van der Waals surface area contributed by atoms with Gasteiger partial charge in [-0.3, -0.25) is 4.79 Å². The second-order valence-corrected chi connectivity index (χ2v) is 5.55. The van der Waals surface area contributed by atoms with Crippen LogP contribution in [0.5, 0.6) is 0 Å². The molecule has 1 saturated heterocycles. The second kappa shape index (κ2) is 7.51. The lowest BCUT2D eigenvalue weighted by molar-refractivity contribution is -0.139. The fourth-order valence-corrected chi connectivity index (χ4v) is 2.51. The second-order valence-electron chi connectivity index (χ2n) is 5.55. The lowest BCUT2D eigenvalue weighted by Gasteiger charge is -2.33. The minimum Gasteiger partial charge on any atom is -0.381 e. The molecule has 3 N–H and O–H groups in total. The number of nitrogens with two attached hydrogens (primary N) is 1. The fourth-order valence-electron chi connectivity index (χ4n) is 2.51. The molecular formula is C15H20ClF3N2O2. The first-order valence-corrected chi connectivity index (χ1v) is 7.08. The summed E-state index contributed by atoms with van der Waals surface area (Å²) in [5.41, 5.74) is 4.23. The van der Waals surface area contributed by atoms with Gasteiger partial charge in [0.1, 0.15) is 0 Å². The van der Waals surface area contributed by atoms with Gasteiger partial charge in [-0.15, -0.1) is 12.4 Å². The molecule has 130 valence electrons. The highest BCUT2D eigenvalue weighted by Gasteiger charge is 2.38. The Labute approximate surface area is 139 Å². The third kappa shape index (κ3) is 4.59. The van der Waals surface area contributed by atoms with Crippen LogP contribution in [-0.2, 0) is 15.7 Å². The van der Waals surface area contributed by atoms with Gasteiger partial charge in [-0.25, -0.2) is 0 Å². The van der Waals surface area contributed by atoms with E-state index in [-0.39, 0.29) is 18.0 Å². The molecular weight excluding hydrogens is 333 g/mol. The summed E-state index contributed by atoms with van der Waals surface area (Å²) < 4.78 is 44.2. The van der Waals surface area contributed by atoms with Gasteiger partial charge in [-0.05, 0) is 31.4 Å². The highest BCUT2D eigenvalue weighted by atomic mass is 35.5. The summed E-state index contributed by atoms with van der Waals surface area (Å²) in [7, 11) is 0. The number of ether oxygens (including phenoxy) is 1. The van der Waals surface area contributed by atoms with Crippen molar-refractivity contribution in [3.63, 3.8) is 0 Å². The number of benzene rings is 1. The van der Waals surface area contributed by atoms with E-state index in [9.17, 15) is 18.0 Å². The van der Waals surface area contributed by atoms with Gasteiger partial charge >= 0.3 is 6.18 Å². The highest BCUT2D eigenvalue weighted by molar-refractivity contribution is 5.86. The Hall–Kier alpha value is -1.31. The quantitative estimate of drug-likeness (QED) is 0.879. The average molecular weight is 353 g/mol. The van der Waals surface area contributed by atoms with Gasteiger partial charge < -0.3 is 15.8 Å². The van der Waals surface area contributed by atoms with Gasteiger partial charge in [-0.1, -0.05) is 18.2 Å². The molecule has 0 spiro atoms. The van der Waals surface area contributed by atoms with E-state index in [1.807, 2.05) is 0 Å². The zero-order valence-corrected chi connectivity index (χ0v) is 13.5. The molecule has 1 aliphatic heterocycles. The van der Waals surface area contributed by atoms with Crippen LogP contribution in [0.2, 0.25) is 0 Å². The number of nitrogens with one attached hydrogen (secondary N) is 1. The van der Waals surface area contributed by atoms with Crippen molar-refractivity contribution >= 4 is 18.3 Å². The van der Waals surface area contributed by atoms with Crippen molar-refractivity contribution in [1.82, 2.24) is 5.32 Å². The van der Waals surface area contributed by atoms with Crippen molar-refractivity contribution in [2.75, 3.05) is 13.2 Å². The molecule has 8 heteroatoms. The summed E-state index contributed by atoms with van der Waals surface area (Å²) in [4.78, 5) is 12.3. The molecule has 1 aromatic carbocycles. The lowest BCUT2D eigenvalue weighted by atomic mass is 9.89. The number of hydrogen-bond acceptors (Lipinski definition) is 3. The Morgan fingerprint density at radius 2 is 1.87 bits per heavy atom. The van der Waals surface area contributed by atoms with Crippen LogP contribution in [0.3, 0.4) is 0 Å². The maximum Gasteiger partial charge on any atom is 0.416 e. The van der Waals surface area contributed by atoms with Crippen molar-refractivity contribution < 1.29 is 22.7 Å². The molecule has 1 heterocycles. The molecule has 1 atom stereocenters. The molecule has 0 aliphatic carbocycles. The third-order valence-corrected chi connectivity index (χ3v) is 3.92. The molecule has 1 fully saturated rings. The van der Waals surface area contributed by atoms with E-state index in [4.69, 9.17) is 10.5 Å². The number of alkyl halides is 3. The standard InChI is InChI=1S/C15H19F3N2O2.ClH/c1-10(11-4-2-3-5-12(11)15(16,17)18)20-13(21)14(19)6-8-22-9-7-14;/h2-5,10H,6-9,19H2,1H3,(H,20,21);1H. The number of rotatable bonds is 3. The van der Waals surface area contributed by atoms with Crippen molar-refractivity contribution in [3.8, 4) is 0 Å². The highest BCUT2D eigenvalue weighted by Crippen LogP contribution is 2.34. The Balaban J connectivity index is 0.00000264. The monoisotopic (exact) mass is 352 g/mol. The molecule has 0 saturated carbocycles. The Morgan fingerprint density at radius 3 is 2.43 bits per heavy atom. The molecule has 0 radical (unpaired) electrons. The van der Waals surface area contributed by atoms with E-state index in [1.54, 1.807) is 0 Å². The summed E-state index contributed by atoms with van der Waals surface area (Å²) in [5.74, 6) is -0.444. The number of hydrogen-bond donors (Lipinski definition) is 2. The molecule has 0 aromatic heterocycles. The van der Waals surface area contributed by atoms with E-state index in [1.165, 1.54) is 25.1 Å². The van der Waals surface area contributed by atoms with Gasteiger partial charge in [0.15, 0.2) is 0 Å². The third-order valence-electron chi connectivity index (χ3n) is 3.92. The van der Waals surface area contributed by atoms with Crippen molar-refractivity contribution in [2.24, 2.45) is 5.73 Å². The van der Waals surface area contributed by atoms with Crippen molar-refractivity contribution in [2.45, 2.75) is 37.5 Å². The number of halogens is 4. The normalized spacial score (nSPS) is 18.7. The first kappa shape index (κ1) is 19.7. The zero-order valence-electron chi connectivity index (χ0n) is 12.7. The maximum absolute atomic E-state index is 13.0. The van der Waals surface area contributed by atoms with Gasteiger partial charge in [-0.2, -0.15) is 13.2 Å². The molecule has 4 nitrogen and oxygen atoms in total. The fraction of sp³-hybridized carbons (Fsp3) is 0.533. The van der Waals surface area contributed by atoms with Gasteiger partial charge in [0.2, 0.25) is 5.91 Å². The van der Waals surface area contributed by atoms with Crippen LogP contribution in [-0.4, -0.2) is 24.7 Å². The van der Waals surface area contributed by atoms with Gasteiger partial charge in [0.05, 0.1) is 17.1 Å². The Morgan fingerprint density at radius 1 is 1.30 bits per heavy atom. The van der Waals surface area contributed by atoms with E-state index < -0.39 is 29.2 Å². The van der Waals surface area contributed by atoms with Crippen LogP contribution in [0.4, 0.5) is 13.2 Å². The largest absolute Gasteiger partial charge is 0.416 e. The van der Waals surface area contributed by atoms with Crippen LogP contribution >= 0.6 is 12.4 Å². The summed E-state index contributed by atoms with van der Waals surface area (Å²) in [5, 5.41) is 2.60. The van der Waals surface area contributed by atoms with Gasteiger partial charge in [0, 0.05) is 13.2 Å². The number of carbonyl (C=O) groups excluding carboxylic acids is 1. The van der Waals surface area contributed by atoms with Crippen LogP contribution in [0.1, 0.15) is 36.9 Å². The van der Waals surface area contributed by atoms with E-state index in [2.05, 4.69) is 5.32 Å². The SMILES string of the molecule is CC(NC(=O)C1(N)CCOCC1)c1ccccc1C(F)(F)F.Cl. The molecule has 1 unspecified atom stereocenters.